The van der Waals surface area contributed by atoms with Gasteiger partial charge < -0.3 is 15.0 Å². The van der Waals surface area contributed by atoms with Gasteiger partial charge in [0.2, 0.25) is 0 Å². The number of nitrogens with one attached hydrogen (secondary N) is 1. The molecule has 0 spiro atoms. The minimum Gasteiger partial charge on any atom is -0.379 e. The quantitative estimate of drug-likeness (QED) is 0.894. The molecule has 0 saturated carbocycles. The molecule has 0 bridgehead atoms. The first-order valence-corrected chi connectivity index (χ1v) is 8.73. The molecule has 23 heavy (non-hydrogen) atoms. The summed E-state index contributed by atoms with van der Waals surface area (Å²) in [6.45, 7) is 5.36. The largest absolute Gasteiger partial charge is 0.379 e. The minimum atomic E-state index is 0.110. The van der Waals surface area contributed by atoms with E-state index < -0.39 is 0 Å². The molecule has 124 valence electrons. The summed E-state index contributed by atoms with van der Waals surface area (Å²) in [6, 6.07) is 9.37. The van der Waals surface area contributed by atoms with Crippen molar-refractivity contribution < 1.29 is 9.53 Å². The number of likely N-dealkylation sites (tertiary alicyclic amines) is 1. The summed E-state index contributed by atoms with van der Waals surface area (Å²) < 4.78 is 5.42. The fourth-order valence-electron chi connectivity index (χ4n) is 4.09. The average Bonchev–Trinajstić information content (AvgIpc) is 3.22. The number of benzene rings is 1. The highest BCUT2D eigenvalue weighted by Gasteiger charge is 2.32. The number of rotatable bonds is 2. The highest BCUT2D eigenvalue weighted by molar-refractivity contribution is 5.75. The maximum atomic E-state index is 12.6. The molecule has 1 aliphatic carbocycles. The number of amides is 2. The van der Waals surface area contributed by atoms with Gasteiger partial charge in [-0.2, -0.15) is 0 Å². The van der Waals surface area contributed by atoms with Crippen molar-refractivity contribution in [1.82, 2.24) is 15.1 Å². The first-order valence-electron chi connectivity index (χ1n) is 8.73. The molecular weight excluding hydrogens is 290 g/mol. The molecule has 0 unspecified atom stereocenters. The highest BCUT2D eigenvalue weighted by Crippen LogP contribution is 2.22. The molecule has 2 fully saturated rings. The van der Waals surface area contributed by atoms with Crippen LogP contribution < -0.4 is 5.32 Å². The van der Waals surface area contributed by atoms with Crippen LogP contribution >= 0.6 is 0 Å². The molecule has 2 heterocycles. The second kappa shape index (κ2) is 6.49. The minimum absolute atomic E-state index is 0.110. The lowest BCUT2D eigenvalue weighted by Gasteiger charge is -2.32. The van der Waals surface area contributed by atoms with Crippen molar-refractivity contribution in [3.8, 4) is 0 Å². The molecular formula is C18H25N3O2. The number of fused-ring (bicyclic) bond motifs is 1. The van der Waals surface area contributed by atoms with Gasteiger partial charge >= 0.3 is 6.03 Å². The summed E-state index contributed by atoms with van der Waals surface area (Å²) in [6.07, 6.45) is 3.00. The Morgan fingerprint density at radius 1 is 1.09 bits per heavy atom. The van der Waals surface area contributed by atoms with Gasteiger partial charge in [0.25, 0.3) is 0 Å². The molecule has 3 aliphatic rings. The molecule has 4 rings (SSSR count). The van der Waals surface area contributed by atoms with Gasteiger partial charge in [-0.3, -0.25) is 4.90 Å². The number of morpholine rings is 1. The third-order valence-electron chi connectivity index (χ3n) is 5.39. The molecule has 0 aromatic heterocycles. The summed E-state index contributed by atoms with van der Waals surface area (Å²) in [5, 5.41) is 3.23. The zero-order chi connectivity index (χ0) is 15.6. The number of hydrogen-bond donors (Lipinski definition) is 1. The summed E-state index contributed by atoms with van der Waals surface area (Å²) >= 11 is 0. The number of urea groups is 1. The van der Waals surface area contributed by atoms with Gasteiger partial charge in [-0.05, 0) is 30.4 Å². The molecule has 1 aromatic rings. The van der Waals surface area contributed by atoms with Gasteiger partial charge in [-0.25, -0.2) is 4.79 Å². The Morgan fingerprint density at radius 2 is 1.78 bits per heavy atom. The van der Waals surface area contributed by atoms with Crippen LogP contribution in [0.5, 0.6) is 0 Å². The summed E-state index contributed by atoms with van der Waals surface area (Å²) in [7, 11) is 0. The Morgan fingerprint density at radius 3 is 2.48 bits per heavy atom. The van der Waals surface area contributed by atoms with E-state index in [2.05, 4.69) is 34.5 Å². The third-order valence-corrected chi connectivity index (χ3v) is 5.39. The van der Waals surface area contributed by atoms with Crippen LogP contribution in [0.2, 0.25) is 0 Å². The molecule has 1 N–H and O–H groups in total. The van der Waals surface area contributed by atoms with E-state index in [0.29, 0.717) is 6.04 Å². The van der Waals surface area contributed by atoms with Crippen LogP contribution in [0.4, 0.5) is 4.79 Å². The van der Waals surface area contributed by atoms with Crippen LogP contribution in [-0.2, 0) is 17.6 Å². The van der Waals surface area contributed by atoms with Gasteiger partial charge in [-0.1, -0.05) is 24.3 Å². The molecule has 2 saturated heterocycles. The summed E-state index contributed by atoms with van der Waals surface area (Å²) in [5.41, 5.74) is 2.76. The normalized spacial score (nSPS) is 25.6. The third kappa shape index (κ3) is 3.21. The smallest absolute Gasteiger partial charge is 0.317 e. The molecule has 1 atom stereocenters. The molecule has 2 amide bonds. The molecule has 2 aliphatic heterocycles. The van der Waals surface area contributed by atoms with Crippen molar-refractivity contribution in [2.75, 3.05) is 39.4 Å². The zero-order valence-corrected chi connectivity index (χ0v) is 13.5. The van der Waals surface area contributed by atoms with Gasteiger partial charge in [0.05, 0.1) is 13.2 Å². The lowest BCUT2D eigenvalue weighted by molar-refractivity contribution is 0.0191. The first kappa shape index (κ1) is 15.0. The monoisotopic (exact) mass is 315 g/mol. The van der Waals surface area contributed by atoms with Crippen molar-refractivity contribution in [3.05, 3.63) is 35.4 Å². The van der Waals surface area contributed by atoms with Crippen LogP contribution in [-0.4, -0.2) is 67.3 Å². The van der Waals surface area contributed by atoms with Crippen molar-refractivity contribution >= 4 is 6.03 Å². The van der Waals surface area contributed by atoms with E-state index in [9.17, 15) is 4.79 Å². The van der Waals surface area contributed by atoms with Gasteiger partial charge in [-0.15, -0.1) is 0 Å². The lowest BCUT2D eigenvalue weighted by atomic mass is 10.1. The summed E-state index contributed by atoms with van der Waals surface area (Å²) in [5.74, 6) is 0. The van der Waals surface area contributed by atoms with Crippen molar-refractivity contribution in [2.45, 2.75) is 31.3 Å². The number of carbonyl (C=O) groups excluding carboxylic acids is 1. The Balaban J connectivity index is 1.29. The van der Waals surface area contributed by atoms with Gasteiger partial charge in [0.1, 0.15) is 0 Å². The van der Waals surface area contributed by atoms with Crippen LogP contribution in [0.1, 0.15) is 17.5 Å². The van der Waals surface area contributed by atoms with E-state index in [4.69, 9.17) is 4.74 Å². The topological polar surface area (TPSA) is 44.8 Å². The predicted octanol–water partition coefficient (Wildman–Crippen LogP) is 1.27. The van der Waals surface area contributed by atoms with Crippen LogP contribution in [0.25, 0.3) is 0 Å². The van der Waals surface area contributed by atoms with Gasteiger partial charge in [0.15, 0.2) is 0 Å². The first-order chi connectivity index (χ1) is 11.3. The van der Waals surface area contributed by atoms with Crippen molar-refractivity contribution in [2.24, 2.45) is 0 Å². The summed E-state index contributed by atoms with van der Waals surface area (Å²) in [4.78, 5) is 17.0. The van der Waals surface area contributed by atoms with Crippen LogP contribution in [0, 0.1) is 0 Å². The number of ether oxygens (including phenoxy) is 1. The Labute approximate surface area is 137 Å². The van der Waals surface area contributed by atoms with Crippen molar-refractivity contribution in [3.63, 3.8) is 0 Å². The number of carbonyl (C=O) groups is 1. The van der Waals surface area contributed by atoms with Gasteiger partial charge in [0, 0.05) is 38.3 Å². The maximum Gasteiger partial charge on any atom is 0.317 e. The number of nitrogens with zero attached hydrogens (tertiary/aromatic N) is 2. The van der Waals surface area contributed by atoms with Crippen LogP contribution in [0.15, 0.2) is 24.3 Å². The predicted molar refractivity (Wildman–Crippen MR) is 88.5 cm³/mol. The lowest BCUT2D eigenvalue weighted by Crippen LogP contribution is -2.48. The SMILES string of the molecule is O=C(NC1Cc2ccccc2C1)N1CC[C@H](N2CCOCC2)C1. The van der Waals surface area contributed by atoms with E-state index in [1.807, 2.05) is 4.90 Å². The molecule has 5 heteroatoms. The average molecular weight is 315 g/mol. The molecule has 0 radical (unpaired) electrons. The molecule has 5 nitrogen and oxygen atoms in total. The standard InChI is InChI=1S/C18H25N3O2/c22-18(19-16-11-14-3-1-2-4-15(14)12-16)21-6-5-17(13-21)20-7-9-23-10-8-20/h1-4,16-17H,5-13H2,(H,19,22)/t17-/m0/s1. The highest BCUT2D eigenvalue weighted by atomic mass is 16.5. The molecule has 1 aromatic carbocycles. The second-order valence-electron chi connectivity index (χ2n) is 6.86. The second-order valence-corrected chi connectivity index (χ2v) is 6.86. The van der Waals surface area contributed by atoms with Crippen LogP contribution in [0.3, 0.4) is 0 Å². The maximum absolute atomic E-state index is 12.6. The van der Waals surface area contributed by atoms with E-state index >= 15 is 0 Å². The fourth-order valence-corrected chi connectivity index (χ4v) is 4.09. The van der Waals surface area contributed by atoms with Crippen molar-refractivity contribution in [1.29, 1.82) is 0 Å². The Hall–Kier alpha value is -1.59. The Kier molecular flexibility index (Phi) is 4.23. The van der Waals surface area contributed by atoms with E-state index in [0.717, 1.165) is 58.7 Å². The van der Waals surface area contributed by atoms with E-state index in [1.165, 1.54) is 11.1 Å². The Bertz CT molecular complexity index is 546. The fraction of sp³-hybridized carbons (Fsp3) is 0.611. The van der Waals surface area contributed by atoms with E-state index in [1.54, 1.807) is 0 Å². The number of hydrogen-bond acceptors (Lipinski definition) is 3. The van der Waals surface area contributed by atoms with E-state index in [-0.39, 0.29) is 12.1 Å². The zero-order valence-electron chi connectivity index (χ0n) is 13.5.